The van der Waals surface area contributed by atoms with Crippen LogP contribution in [0.25, 0.3) is 0 Å². The van der Waals surface area contributed by atoms with Crippen LogP contribution in [-0.2, 0) is 4.79 Å². The van der Waals surface area contributed by atoms with Crippen molar-refractivity contribution < 1.29 is 18.3 Å². The second kappa shape index (κ2) is 6.01. The average Bonchev–Trinajstić information content (AvgIpc) is 2.43. The number of carbonyl (C=O) groups excluding carboxylic acids is 1. The Morgan fingerprint density at radius 2 is 1.90 bits per heavy atom. The van der Waals surface area contributed by atoms with Crippen LogP contribution >= 0.6 is 0 Å². The van der Waals surface area contributed by atoms with Gasteiger partial charge in [-0.05, 0) is 24.3 Å². The normalized spacial score (nSPS) is 10.1. The summed E-state index contributed by atoms with van der Waals surface area (Å²) >= 11 is 0. The van der Waals surface area contributed by atoms with E-state index >= 15 is 0 Å². The monoisotopic (exact) mass is 278 g/mol. The van der Waals surface area contributed by atoms with Crippen molar-refractivity contribution in [3.05, 3.63) is 54.1 Å². The minimum absolute atomic E-state index is 0.0695. The predicted molar refractivity (Wildman–Crippen MR) is 71.3 cm³/mol. The number of hydrogen-bond acceptors (Lipinski definition) is 3. The minimum Gasteiger partial charge on any atom is -0.484 e. The zero-order valence-corrected chi connectivity index (χ0v) is 10.4. The molecule has 104 valence electrons. The average molecular weight is 278 g/mol. The summed E-state index contributed by atoms with van der Waals surface area (Å²) in [6.45, 7) is -0.334. The SMILES string of the molecule is Nc1ccccc1NC(=O)COc1ccc(F)c(F)c1. The summed E-state index contributed by atoms with van der Waals surface area (Å²) in [4.78, 5) is 11.6. The smallest absolute Gasteiger partial charge is 0.262 e. The number of nitrogen functional groups attached to an aromatic ring is 1. The van der Waals surface area contributed by atoms with Crippen molar-refractivity contribution in [3.8, 4) is 5.75 Å². The number of benzene rings is 2. The molecule has 3 N–H and O–H groups in total. The van der Waals surface area contributed by atoms with Crippen LogP contribution in [-0.4, -0.2) is 12.5 Å². The van der Waals surface area contributed by atoms with E-state index in [4.69, 9.17) is 10.5 Å². The molecule has 0 heterocycles. The van der Waals surface area contributed by atoms with E-state index in [1.165, 1.54) is 6.07 Å². The van der Waals surface area contributed by atoms with Gasteiger partial charge in [0.25, 0.3) is 5.91 Å². The maximum Gasteiger partial charge on any atom is 0.262 e. The molecule has 2 aromatic rings. The second-order valence-corrected chi connectivity index (χ2v) is 4.00. The lowest BCUT2D eigenvalue weighted by Crippen LogP contribution is -2.20. The molecule has 0 radical (unpaired) electrons. The lowest BCUT2D eigenvalue weighted by Gasteiger charge is -2.09. The highest BCUT2D eigenvalue weighted by Crippen LogP contribution is 2.17. The van der Waals surface area contributed by atoms with E-state index < -0.39 is 17.5 Å². The molecule has 0 aliphatic rings. The molecule has 0 bridgehead atoms. The molecule has 0 aliphatic heterocycles. The first-order valence-electron chi connectivity index (χ1n) is 5.78. The Labute approximate surface area is 114 Å². The van der Waals surface area contributed by atoms with Crippen molar-refractivity contribution >= 4 is 17.3 Å². The number of carbonyl (C=O) groups is 1. The fourth-order valence-corrected chi connectivity index (χ4v) is 1.51. The minimum atomic E-state index is -1.03. The van der Waals surface area contributed by atoms with Gasteiger partial charge in [0.05, 0.1) is 11.4 Å². The van der Waals surface area contributed by atoms with Crippen molar-refractivity contribution in [1.82, 2.24) is 0 Å². The third-order valence-corrected chi connectivity index (χ3v) is 2.50. The van der Waals surface area contributed by atoms with Crippen LogP contribution < -0.4 is 15.8 Å². The fourth-order valence-electron chi connectivity index (χ4n) is 1.51. The highest BCUT2D eigenvalue weighted by atomic mass is 19.2. The van der Waals surface area contributed by atoms with E-state index in [0.29, 0.717) is 11.4 Å². The van der Waals surface area contributed by atoms with E-state index in [9.17, 15) is 13.6 Å². The number of para-hydroxylation sites is 2. The van der Waals surface area contributed by atoms with E-state index in [1.54, 1.807) is 24.3 Å². The van der Waals surface area contributed by atoms with E-state index in [2.05, 4.69) is 5.32 Å². The predicted octanol–water partition coefficient (Wildman–Crippen LogP) is 2.56. The van der Waals surface area contributed by atoms with Gasteiger partial charge in [-0.25, -0.2) is 8.78 Å². The quantitative estimate of drug-likeness (QED) is 0.845. The number of nitrogens with two attached hydrogens (primary N) is 1. The van der Waals surface area contributed by atoms with Crippen LogP contribution in [0.4, 0.5) is 20.2 Å². The summed E-state index contributed by atoms with van der Waals surface area (Å²) in [5, 5.41) is 2.55. The Kier molecular flexibility index (Phi) is 4.14. The molecule has 2 rings (SSSR count). The molecule has 0 aromatic heterocycles. The Balaban J connectivity index is 1.92. The van der Waals surface area contributed by atoms with Gasteiger partial charge in [-0.15, -0.1) is 0 Å². The van der Waals surface area contributed by atoms with Crippen molar-refractivity contribution in [2.75, 3.05) is 17.7 Å². The maximum atomic E-state index is 12.9. The van der Waals surface area contributed by atoms with Crippen molar-refractivity contribution in [3.63, 3.8) is 0 Å². The zero-order chi connectivity index (χ0) is 14.5. The summed E-state index contributed by atoms with van der Waals surface area (Å²) in [5.41, 5.74) is 6.55. The van der Waals surface area contributed by atoms with Crippen LogP contribution in [0.5, 0.6) is 5.75 Å². The molecule has 4 nitrogen and oxygen atoms in total. The molecule has 2 aromatic carbocycles. The van der Waals surface area contributed by atoms with Crippen LogP contribution in [0.2, 0.25) is 0 Å². The van der Waals surface area contributed by atoms with Crippen LogP contribution in [0.3, 0.4) is 0 Å². The summed E-state index contributed by atoms with van der Waals surface area (Å²) in [6.07, 6.45) is 0. The second-order valence-electron chi connectivity index (χ2n) is 4.00. The summed E-state index contributed by atoms with van der Waals surface area (Å²) in [5.74, 6) is -2.39. The Bertz CT molecular complexity index is 632. The third-order valence-electron chi connectivity index (χ3n) is 2.50. The summed E-state index contributed by atoms with van der Waals surface area (Å²) in [7, 11) is 0. The number of amides is 1. The van der Waals surface area contributed by atoms with Crippen LogP contribution in [0.15, 0.2) is 42.5 Å². The van der Waals surface area contributed by atoms with Crippen LogP contribution in [0.1, 0.15) is 0 Å². The van der Waals surface area contributed by atoms with E-state index in [0.717, 1.165) is 12.1 Å². The summed E-state index contributed by atoms with van der Waals surface area (Å²) < 4.78 is 30.7. The molecule has 0 saturated heterocycles. The number of hydrogen-bond donors (Lipinski definition) is 2. The molecule has 0 unspecified atom stereocenters. The molecular formula is C14H12F2N2O2. The lowest BCUT2D eigenvalue weighted by atomic mass is 10.2. The first-order valence-corrected chi connectivity index (χ1v) is 5.78. The van der Waals surface area contributed by atoms with Gasteiger partial charge in [-0.1, -0.05) is 12.1 Å². The van der Waals surface area contributed by atoms with E-state index in [1.807, 2.05) is 0 Å². The molecular weight excluding hydrogens is 266 g/mol. The van der Waals surface area contributed by atoms with Gasteiger partial charge in [0.15, 0.2) is 18.2 Å². The number of halogens is 2. The van der Waals surface area contributed by atoms with Crippen molar-refractivity contribution in [2.24, 2.45) is 0 Å². The highest BCUT2D eigenvalue weighted by molar-refractivity contribution is 5.94. The number of nitrogens with one attached hydrogen (secondary N) is 1. The van der Waals surface area contributed by atoms with Crippen LogP contribution in [0, 0.1) is 11.6 Å². The molecule has 20 heavy (non-hydrogen) atoms. The lowest BCUT2D eigenvalue weighted by molar-refractivity contribution is -0.118. The molecule has 0 aliphatic carbocycles. The molecule has 0 fully saturated rings. The van der Waals surface area contributed by atoms with Gasteiger partial charge in [-0.2, -0.15) is 0 Å². The van der Waals surface area contributed by atoms with E-state index in [-0.39, 0.29) is 12.4 Å². The van der Waals surface area contributed by atoms with Gasteiger partial charge >= 0.3 is 0 Å². The number of anilines is 2. The largest absolute Gasteiger partial charge is 0.484 e. The molecule has 1 amide bonds. The van der Waals surface area contributed by atoms with Gasteiger partial charge in [0.2, 0.25) is 0 Å². The van der Waals surface area contributed by atoms with Gasteiger partial charge < -0.3 is 15.8 Å². The Morgan fingerprint density at radius 1 is 1.15 bits per heavy atom. The molecule has 0 saturated carbocycles. The van der Waals surface area contributed by atoms with Gasteiger partial charge in [0, 0.05) is 6.07 Å². The highest BCUT2D eigenvalue weighted by Gasteiger charge is 2.07. The van der Waals surface area contributed by atoms with Gasteiger partial charge in [-0.3, -0.25) is 4.79 Å². The molecule has 0 spiro atoms. The molecule has 0 atom stereocenters. The molecule has 6 heteroatoms. The number of ether oxygens (including phenoxy) is 1. The fraction of sp³-hybridized carbons (Fsp3) is 0.0714. The Morgan fingerprint density at radius 3 is 2.60 bits per heavy atom. The third kappa shape index (κ3) is 3.44. The number of rotatable bonds is 4. The maximum absolute atomic E-state index is 12.9. The summed E-state index contributed by atoms with van der Waals surface area (Å²) in [6, 6.07) is 9.79. The van der Waals surface area contributed by atoms with Crippen molar-refractivity contribution in [2.45, 2.75) is 0 Å². The van der Waals surface area contributed by atoms with Gasteiger partial charge in [0.1, 0.15) is 5.75 Å². The first-order chi connectivity index (χ1) is 9.56. The zero-order valence-electron chi connectivity index (χ0n) is 10.4. The van der Waals surface area contributed by atoms with Crippen molar-refractivity contribution in [1.29, 1.82) is 0 Å². The first kappa shape index (κ1) is 13.8. The standard InChI is InChI=1S/C14H12F2N2O2/c15-10-6-5-9(7-11(10)16)20-8-14(19)18-13-4-2-1-3-12(13)17/h1-7H,8,17H2,(H,18,19). The Hall–Kier alpha value is -2.63. The topological polar surface area (TPSA) is 64.3 Å².